The number of carboxylic acids is 1. The molecule has 1 aliphatic heterocycles. The summed E-state index contributed by atoms with van der Waals surface area (Å²) in [6.45, 7) is 2.41. The minimum Gasteiger partial charge on any atom is -0.480 e. The molecule has 4 heteroatoms. The Morgan fingerprint density at radius 2 is 1.94 bits per heavy atom. The second-order valence-electron chi connectivity index (χ2n) is 4.77. The maximum Gasteiger partial charge on any atom is 0.326 e. The molecule has 0 bridgehead atoms. The van der Waals surface area contributed by atoms with Gasteiger partial charge in [0.1, 0.15) is 6.04 Å². The summed E-state index contributed by atoms with van der Waals surface area (Å²) in [5.74, 6) is -1.09. The van der Waals surface area contributed by atoms with Gasteiger partial charge in [0, 0.05) is 12.1 Å². The van der Waals surface area contributed by atoms with Crippen LogP contribution in [0.2, 0.25) is 0 Å². The van der Waals surface area contributed by atoms with Gasteiger partial charge in [-0.3, -0.25) is 4.79 Å². The minimum absolute atomic E-state index is 0.00362. The normalized spacial score (nSPS) is 23.7. The van der Waals surface area contributed by atoms with Gasteiger partial charge in [0.25, 0.3) is 5.91 Å². The van der Waals surface area contributed by atoms with Crippen molar-refractivity contribution < 1.29 is 14.7 Å². The van der Waals surface area contributed by atoms with E-state index in [9.17, 15) is 14.7 Å². The fourth-order valence-electron chi connectivity index (χ4n) is 2.54. The number of carboxylic acid groups (broad SMARTS) is 1. The number of carbonyl (C=O) groups excluding carboxylic acids is 1. The van der Waals surface area contributed by atoms with Crippen LogP contribution in [-0.4, -0.2) is 34.5 Å². The number of rotatable bonds is 2. The van der Waals surface area contributed by atoms with Gasteiger partial charge in [0.05, 0.1) is 0 Å². The lowest BCUT2D eigenvalue weighted by atomic mass is 9.90. The van der Waals surface area contributed by atoms with E-state index in [1.165, 1.54) is 4.90 Å². The van der Waals surface area contributed by atoms with Gasteiger partial charge in [0.2, 0.25) is 0 Å². The first-order valence-electron chi connectivity index (χ1n) is 6.20. The molecule has 1 aliphatic rings. The number of hydrogen-bond donors (Lipinski definition) is 1. The van der Waals surface area contributed by atoms with Gasteiger partial charge >= 0.3 is 5.97 Å². The fraction of sp³-hybridized carbons (Fsp3) is 0.429. The van der Waals surface area contributed by atoms with Crippen LogP contribution in [-0.2, 0) is 4.79 Å². The van der Waals surface area contributed by atoms with Crippen molar-refractivity contribution in [2.24, 2.45) is 5.92 Å². The number of benzene rings is 1. The van der Waals surface area contributed by atoms with Crippen LogP contribution in [0.3, 0.4) is 0 Å². The van der Waals surface area contributed by atoms with Crippen molar-refractivity contribution in [1.82, 2.24) is 4.90 Å². The molecule has 1 N–H and O–H groups in total. The smallest absolute Gasteiger partial charge is 0.326 e. The first kappa shape index (κ1) is 12.6. The van der Waals surface area contributed by atoms with E-state index in [1.54, 1.807) is 24.3 Å². The zero-order valence-electron chi connectivity index (χ0n) is 10.4. The van der Waals surface area contributed by atoms with Gasteiger partial charge in [-0.1, -0.05) is 25.1 Å². The molecule has 2 atom stereocenters. The first-order valence-corrected chi connectivity index (χ1v) is 6.20. The molecule has 1 aromatic rings. The van der Waals surface area contributed by atoms with E-state index in [0.29, 0.717) is 12.1 Å². The third-order valence-electron chi connectivity index (χ3n) is 3.47. The van der Waals surface area contributed by atoms with E-state index in [4.69, 9.17) is 0 Å². The van der Waals surface area contributed by atoms with E-state index in [1.807, 2.05) is 13.0 Å². The summed E-state index contributed by atoms with van der Waals surface area (Å²) in [4.78, 5) is 25.1. The number of piperidine rings is 1. The molecular formula is C14H17NO3. The van der Waals surface area contributed by atoms with Crippen molar-refractivity contribution in [3.63, 3.8) is 0 Å². The second kappa shape index (κ2) is 5.21. The largest absolute Gasteiger partial charge is 0.480 e. The van der Waals surface area contributed by atoms with Gasteiger partial charge in [0.15, 0.2) is 0 Å². The molecule has 2 rings (SSSR count). The highest BCUT2D eigenvalue weighted by atomic mass is 16.4. The molecule has 0 aliphatic carbocycles. The molecule has 0 saturated carbocycles. The highest BCUT2D eigenvalue weighted by molar-refractivity contribution is 5.96. The Morgan fingerprint density at radius 3 is 2.56 bits per heavy atom. The summed E-state index contributed by atoms with van der Waals surface area (Å²) < 4.78 is 0. The Morgan fingerprint density at radius 1 is 1.28 bits per heavy atom. The van der Waals surface area contributed by atoms with E-state index in [0.717, 1.165) is 12.8 Å². The minimum atomic E-state index is -0.911. The Hall–Kier alpha value is -1.84. The average molecular weight is 247 g/mol. The van der Waals surface area contributed by atoms with Gasteiger partial charge in [-0.25, -0.2) is 4.79 Å². The molecule has 1 amide bonds. The molecule has 1 heterocycles. The summed E-state index contributed by atoms with van der Waals surface area (Å²) in [6.07, 6.45) is 1.72. The quantitative estimate of drug-likeness (QED) is 0.869. The maximum absolute atomic E-state index is 12.3. The Labute approximate surface area is 106 Å². The molecule has 0 radical (unpaired) electrons. The van der Waals surface area contributed by atoms with E-state index in [-0.39, 0.29) is 11.8 Å². The summed E-state index contributed by atoms with van der Waals surface area (Å²) in [5.41, 5.74) is 0.554. The van der Waals surface area contributed by atoms with E-state index < -0.39 is 12.0 Å². The third-order valence-corrected chi connectivity index (χ3v) is 3.47. The molecule has 4 nitrogen and oxygen atoms in total. The number of nitrogens with zero attached hydrogens (tertiary/aromatic N) is 1. The second-order valence-corrected chi connectivity index (χ2v) is 4.77. The lowest BCUT2D eigenvalue weighted by molar-refractivity contribution is -0.145. The lowest BCUT2D eigenvalue weighted by Crippen LogP contribution is -2.51. The number of amides is 1. The molecule has 2 unspecified atom stereocenters. The third kappa shape index (κ3) is 2.37. The van der Waals surface area contributed by atoms with Crippen molar-refractivity contribution in [3.8, 4) is 0 Å². The highest BCUT2D eigenvalue weighted by Gasteiger charge is 2.37. The first-order chi connectivity index (χ1) is 8.61. The number of likely N-dealkylation sites (tertiary alicyclic amines) is 1. The summed E-state index contributed by atoms with van der Waals surface area (Å²) in [5, 5.41) is 9.28. The van der Waals surface area contributed by atoms with Gasteiger partial charge in [-0.05, 0) is 30.9 Å². The molecule has 0 aromatic heterocycles. The SMILES string of the molecule is CC1CCCN(C(=O)c2ccccc2)C1C(=O)O. The number of aliphatic carboxylic acids is 1. The molecular weight excluding hydrogens is 230 g/mol. The molecule has 18 heavy (non-hydrogen) atoms. The van der Waals surface area contributed by atoms with Crippen LogP contribution in [0.25, 0.3) is 0 Å². The maximum atomic E-state index is 12.3. The van der Waals surface area contributed by atoms with Crippen molar-refractivity contribution in [3.05, 3.63) is 35.9 Å². The van der Waals surface area contributed by atoms with Crippen LogP contribution < -0.4 is 0 Å². The molecule has 96 valence electrons. The Bertz CT molecular complexity index is 444. The van der Waals surface area contributed by atoms with Crippen molar-refractivity contribution >= 4 is 11.9 Å². The van der Waals surface area contributed by atoms with Crippen molar-refractivity contribution in [2.75, 3.05) is 6.54 Å². The van der Waals surface area contributed by atoms with Crippen LogP contribution in [0.1, 0.15) is 30.1 Å². The number of carbonyl (C=O) groups is 2. The van der Waals surface area contributed by atoms with Crippen LogP contribution in [0.4, 0.5) is 0 Å². The topological polar surface area (TPSA) is 57.6 Å². The standard InChI is InChI=1S/C14H17NO3/c1-10-6-5-9-15(12(10)14(17)18)13(16)11-7-3-2-4-8-11/h2-4,7-8,10,12H,5-6,9H2,1H3,(H,17,18). The van der Waals surface area contributed by atoms with Crippen molar-refractivity contribution in [2.45, 2.75) is 25.8 Å². The molecule has 1 aromatic carbocycles. The predicted octanol–water partition coefficient (Wildman–Crippen LogP) is 2.01. The predicted molar refractivity (Wildman–Crippen MR) is 67.3 cm³/mol. The Kier molecular flexibility index (Phi) is 3.65. The average Bonchev–Trinajstić information content (AvgIpc) is 2.38. The van der Waals surface area contributed by atoms with Crippen LogP contribution in [0.15, 0.2) is 30.3 Å². The van der Waals surface area contributed by atoms with Crippen LogP contribution >= 0.6 is 0 Å². The summed E-state index contributed by atoms with van der Waals surface area (Å²) in [6, 6.07) is 8.16. The van der Waals surface area contributed by atoms with E-state index >= 15 is 0 Å². The fourth-order valence-corrected chi connectivity index (χ4v) is 2.54. The van der Waals surface area contributed by atoms with Crippen LogP contribution in [0.5, 0.6) is 0 Å². The zero-order chi connectivity index (χ0) is 13.1. The van der Waals surface area contributed by atoms with Crippen molar-refractivity contribution in [1.29, 1.82) is 0 Å². The highest BCUT2D eigenvalue weighted by Crippen LogP contribution is 2.25. The molecule has 1 fully saturated rings. The van der Waals surface area contributed by atoms with Gasteiger partial charge in [-0.15, -0.1) is 0 Å². The lowest BCUT2D eigenvalue weighted by Gasteiger charge is -2.37. The molecule has 0 spiro atoms. The van der Waals surface area contributed by atoms with Gasteiger partial charge in [-0.2, -0.15) is 0 Å². The van der Waals surface area contributed by atoms with Gasteiger partial charge < -0.3 is 10.0 Å². The van der Waals surface area contributed by atoms with E-state index in [2.05, 4.69) is 0 Å². The Balaban J connectivity index is 2.25. The molecule has 1 saturated heterocycles. The zero-order valence-corrected chi connectivity index (χ0v) is 10.4. The summed E-state index contributed by atoms with van der Waals surface area (Å²) >= 11 is 0. The number of hydrogen-bond acceptors (Lipinski definition) is 2. The summed E-state index contributed by atoms with van der Waals surface area (Å²) in [7, 11) is 0. The monoisotopic (exact) mass is 247 g/mol. The van der Waals surface area contributed by atoms with Crippen LogP contribution in [0, 0.1) is 5.92 Å².